The molecule has 1 rings (SSSR count). The molecule has 1 aromatic rings. The maximum atomic E-state index is 11.9. The summed E-state index contributed by atoms with van der Waals surface area (Å²) in [6, 6.07) is 7.04. The number of hydrogen-bond donors (Lipinski definition) is 0. The van der Waals surface area contributed by atoms with Crippen molar-refractivity contribution < 1.29 is 9.53 Å². The van der Waals surface area contributed by atoms with E-state index in [4.69, 9.17) is 16.3 Å². The summed E-state index contributed by atoms with van der Waals surface area (Å²) in [6.45, 7) is 8.10. The molecule has 1 amide bonds. The van der Waals surface area contributed by atoms with E-state index < -0.39 is 0 Å². The minimum absolute atomic E-state index is 0.0502. The highest BCUT2D eigenvalue weighted by Crippen LogP contribution is 2.22. The number of amides is 1. The Bertz CT molecular complexity index is 422. The smallest absolute Gasteiger partial charge is 0.261 e. The molecule has 3 nitrogen and oxygen atoms in total. The third-order valence-electron chi connectivity index (χ3n) is 2.24. The average Bonchev–Trinajstić information content (AvgIpc) is 2.37. The molecular weight excluding hydrogens is 250 g/mol. The van der Waals surface area contributed by atoms with Crippen molar-refractivity contribution in [1.82, 2.24) is 4.90 Å². The number of carbonyl (C=O) groups is 1. The fraction of sp³-hybridized carbons (Fsp3) is 0.214. The average molecular weight is 266 g/mol. The largest absolute Gasteiger partial charge is 0.482 e. The number of ether oxygens (including phenoxy) is 1. The molecule has 0 heterocycles. The molecule has 0 aliphatic carbocycles. The number of nitrogens with zero attached hydrogens (tertiary/aromatic N) is 1. The van der Waals surface area contributed by atoms with Gasteiger partial charge in [-0.15, -0.1) is 13.2 Å². The Morgan fingerprint density at radius 2 is 1.89 bits per heavy atom. The Labute approximate surface area is 112 Å². The van der Waals surface area contributed by atoms with Crippen LogP contribution >= 0.6 is 11.6 Å². The van der Waals surface area contributed by atoms with Crippen LogP contribution in [0.3, 0.4) is 0 Å². The Hall–Kier alpha value is -1.74. The number of para-hydroxylation sites is 1. The van der Waals surface area contributed by atoms with Crippen molar-refractivity contribution in [3.63, 3.8) is 0 Å². The molecule has 1 aromatic carbocycles. The van der Waals surface area contributed by atoms with Gasteiger partial charge >= 0.3 is 0 Å². The van der Waals surface area contributed by atoms with Crippen molar-refractivity contribution in [1.29, 1.82) is 0 Å². The van der Waals surface area contributed by atoms with Crippen molar-refractivity contribution in [3.05, 3.63) is 54.6 Å². The van der Waals surface area contributed by atoms with Gasteiger partial charge in [0.2, 0.25) is 0 Å². The summed E-state index contributed by atoms with van der Waals surface area (Å²) < 4.78 is 5.38. The van der Waals surface area contributed by atoms with E-state index in [-0.39, 0.29) is 12.5 Å². The zero-order valence-corrected chi connectivity index (χ0v) is 10.9. The van der Waals surface area contributed by atoms with E-state index in [1.165, 1.54) is 0 Å². The van der Waals surface area contributed by atoms with Gasteiger partial charge in [0.25, 0.3) is 5.91 Å². The molecule has 0 N–H and O–H groups in total. The van der Waals surface area contributed by atoms with Gasteiger partial charge < -0.3 is 9.64 Å². The van der Waals surface area contributed by atoms with E-state index in [9.17, 15) is 4.79 Å². The summed E-state index contributed by atoms with van der Waals surface area (Å²) >= 11 is 5.93. The van der Waals surface area contributed by atoms with Crippen molar-refractivity contribution in [2.75, 3.05) is 19.7 Å². The van der Waals surface area contributed by atoms with Crippen LogP contribution in [-0.4, -0.2) is 30.5 Å². The van der Waals surface area contributed by atoms with E-state index in [0.29, 0.717) is 23.9 Å². The van der Waals surface area contributed by atoms with E-state index in [2.05, 4.69) is 13.2 Å². The highest BCUT2D eigenvalue weighted by molar-refractivity contribution is 6.32. The first-order valence-corrected chi connectivity index (χ1v) is 5.93. The maximum absolute atomic E-state index is 11.9. The minimum Gasteiger partial charge on any atom is -0.482 e. The van der Waals surface area contributed by atoms with Gasteiger partial charge in [-0.25, -0.2) is 0 Å². The van der Waals surface area contributed by atoms with E-state index in [0.717, 1.165) is 0 Å². The van der Waals surface area contributed by atoms with Gasteiger partial charge in [0, 0.05) is 13.1 Å². The Balaban J connectivity index is 2.56. The second-order valence-corrected chi connectivity index (χ2v) is 4.00. The van der Waals surface area contributed by atoms with Crippen LogP contribution in [0.4, 0.5) is 0 Å². The molecule has 0 aliphatic heterocycles. The molecule has 0 saturated heterocycles. The first kappa shape index (κ1) is 14.3. The molecule has 96 valence electrons. The van der Waals surface area contributed by atoms with Gasteiger partial charge in [-0.1, -0.05) is 35.9 Å². The van der Waals surface area contributed by atoms with E-state index in [1.54, 1.807) is 41.3 Å². The van der Waals surface area contributed by atoms with Crippen LogP contribution in [0.15, 0.2) is 49.6 Å². The van der Waals surface area contributed by atoms with Crippen LogP contribution < -0.4 is 4.74 Å². The lowest BCUT2D eigenvalue weighted by molar-refractivity contribution is -0.132. The summed E-state index contributed by atoms with van der Waals surface area (Å²) in [7, 11) is 0. The third kappa shape index (κ3) is 4.26. The zero-order valence-electron chi connectivity index (χ0n) is 10.1. The Morgan fingerprint density at radius 3 is 2.44 bits per heavy atom. The lowest BCUT2D eigenvalue weighted by Crippen LogP contribution is -2.35. The number of rotatable bonds is 7. The maximum Gasteiger partial charge on any atom is 0.261 e. The van der Waals surface area contributed by atoms with Crippen LogP contribution in [0.2, 0.25) is 5.02 Å². The molecule has 0 unspecified atom stereocenters. The first-order valence-electron chi connectivity index (χ1n) is 5.56. The standard InChI is InChI=1S/C14H16ClNO2/c1-3-9-16(10-4-2)14(17)11-18-13-8-6-5-7-12(13)15/h3-8H,1-2,9-11H2. The third-order valence-corrected chi connectivity index (χ3v) is 2.55. The van der Waals surface area contributed by atoms with Crippen LogP contribution in [0.25, 0.3) is 0 Å². The molecule has 0 bridgehead atoms. The fourth-order valence-corrected chi connectivity index (χ4v) is 1.57. The normalized spacial score (nSPS) is 9.61. The lowest BCUT2D eigenvalue weighted by Gasteiger charge is -2.19. The van der Waals surface area contributed by atoms with Crippen LogP contribution in [0, 0.1) is 0 Å². The van der Waals surface area contributed by atoms with Gasteiger partial charge in [-0.2, -0.15) is 0 Å². The quantitative estimate of drug-likeness (QED) is 0.710. The summed E-state index contributed by atoms with van der Waals surface area (Å²) in [5.74, 6) is 0.374. The van der Waals surface area contributed by atoms with Crippen LogP contribution in [0.5, 0.6) is 5.75 Å². The molecule has 4 heteroatoms. The Morgan fingerprint density at radius 1 is 1.28 bits per heavy atom. The molecule has 0 atom stereocenters. The zero-order chi connectivity index (χ0) is 13.4. The summed E-state index contributed by atoms with van der Waals surface area (Å²) in [6.07, 6.45) is 3.33. The number of halogens is 1. The predicted molar refractivity (Wildman–Crippen MR) is 73.9 cm³/mol. The number of hydrogen-bond acceptors (Lipinski definition) is 2. The van der Waals surface area contributed by atoms with E-state index >= 15 is 0 Å². The monoisotopic (exact) mass is 265 g/mol. The molecule has 0 aromatic heterocycles. The SMILES string of the molecule is C=CCN(CC=C)C(=O)COc1ccccc1Cl. The van der Waals surface area contributed by atoms with Gasteiger partial charge in [-0.05, 0) is 12.1 Å². The summed E-state index contributed by atoms with van der Waals surface area (Å²) in [4.78, 5) is 13.5. The Kier molecular flexibility index (Phi) is 6.01. The van der Waals surface area contributed by atoms with Crippen LogP contribution in [-0.2, 0) is 4.79 Å². The molecule has 0 spiro atoms. The molecular formula is C14H16ClNO2. The van der Waals surface area contributed by atoms with Crippen molar-refractivity contribution in [2.45, 2.75) is 0 Å². The summed E-state index contributed by atoms with van der Waals surface area (Å²) in [5.41, 5.74) is 0. The minimum atomic E-state index is -0.130. The molecule has 0 radical (unpaired) electrons. The van der Waals surface area contributed by atoms with Gasteiger partial charge in [0.15, 0.2) is 6.61 Å². The molecule has 0 aliphatic rings. The first-order chi connectivity index (χ1) is 8.69. The molecule has 0 fully saturated rings. The number of benzene rings is 1. The van der Waals surface area contributed by atoms with E-state index in [1.807, 2.05) is 0 Å². The van der Waals surface area contributed by atoms with Crippen molar-refractivity contribution in [3.8, 4) is 5.75 Å². The second-order valence-electron chi connectivity index (χ2n) is 3.60. The van der Waals surface area contributed by atoms with Crippen LogP contribution in [0.1, 0.15) is 0 Å². The van der Waals surface area contributed by atoms with Gasteiger partial charge in [0.05, 0.1) is 5.02 Å². The fourth-order valence-electron chi connectivity index (χ4n) is 1.38. The van der Waals surface area contributed by atoms with Gasteiger partial charge in [-0.3, -0.25) is 4.79 Å². The highest BCUT2D eigenvalue weighted by Gasteiger charge is 2.11. The highest BCUT2D eigenvalue weighted by atomic mass is 35.5. The predicted octanol–water partition coefficient (Wildman–Crippen LogP) is 2.92. The van der Waals surface area contributed by atoms with Crippen molar-refractivity contribution in [2.24, 2.45) is 0 Å². The van der Waals surface area contributed by atoms with Gasteiger partial charge in [0.1, 0.15) is 5.75 Å². The lowest BCUT2D eigenvalue weighted by atomic mass is 10.3. The number of carbonyl (C=O) groups excluding carboxylic acids is 1. The second kappa shape index (κ2) is 7.56. The topological polar surface area (TPSA) is 29.5 Å². The summed E-state index contributed by atoms with van der Waals surface area (Å²) in [5, 5.41) is 0.490. The van der Waals surface area contributed by atoms with Crippen molar-refractivity contribution >= 4 is 17.5 Å². The molecule has 18 heavy (non-hydrogen) atoms. The molecule has 0 saturated carbocycles.